The molecule has 0 aliphatic rings. The van der Waals surface area contributed by atoms with Gasteiger partial charge in [0.15, 0.2) is 0 Å². The van der Waals surface area contributed by atoms with Crippen LogP contribution in [0.5, 0.6) is 0 Å². The van der Waals surface area contributed by atoms with Crippen LogP contribution in [0.25, 0.3) is 0 Å². The third kappa shape index (κ3) is 38.7. The van der Waals surface area contributed by atoms with E-state index in [2.05, 4.69) is 63.5 Å². The van der Waals surface area contributed by atoms with E-state index in [1.54, 1.807) is 6.20 Å². The first kappa shape index (κ1) is 30.1. The summed E-state index contributed by atoms with van der Waals surface area (Å²) in [6.07, 6.45) is 8.77. The van der Waals surface area contributed by atoms with Gasteiger partial charge in [0.25, 0.3) is 0 Å². The van der Waals surface area contributed by atoms with Crippen molar-refractivity contribution in [3.8, 4) is 0 Å². The summed E-state index contributed by atoms with van der Waals surface area (Å²) in [6, 6.07) is 0. The van der Waals surface area contributed by atoms with Crippen LogP contribution in [0.2, 0.25) is 0 Å². The Morgan fingerprint density at radius 1 is 1.09 bits per heavy atom. The molecule has 0 saturated carbocycles. The van der Waals surface area contributed by atoms with E-state index in [0.717, 1.165) is 32.0 Å². The number of aliphatic imine (C=N–C) groups is 1. The highest BCUT2D eigenvalue weighted by Crippen LogP contribution is 2.02. The molecule has 3 heteroatoms. The normalized spacial score (nSPS) is 9.13. The van der Waals surface area contributed by atoms with Crippen molar-refractivity contribution < 1.29 is 0 Å². The average Bonchev–Trinajstić information content (AvgIpc) is 2.60. The zero-order valence-electron chi connectivity index (χ0n) is 17.8. The van der Waals surface area contributed by atoms with Gasteiger partial charge in [-0.25, -0.2) is 0 Å². The Kier molecular flexibility index (Phi) is 43.1. The molecule has 3 nitrogen and oxygen atoms in total. The van der Waals surface area contributed by atoms with Gasteiger partial charge in [0.1, 0.15) is 0 Å². The van der Waals surface area contributed by atoms with Crippen molar-refractivity contribution in [2.75, 3.05) is 26.7 Å². The zero-order chi connectivity index (χ0) is 18.9. The summed E-state index contributed by atoms with van der Waals surface area (Å²) in [6.45, 7) is 23.7. The number of rotatable bonds is 9. The molecule has 0 unspecified atom stereocenters. The fourth-order valence-electron chi connectivity index (χ4n) is 1.23. The second-order valence-electron chi connectivity index (χ2n) is 5.20. The van der Waals surface area contributed by atoms with Crippen LogP contribution in [-0.4, -0.2) is 38.3 Å². The summed E-state index contributed by atoms with van der Waals surface area (Å²) in [7, 11) is 1.97. The van der Waals surface area contributed by atoms with Gasteiger partial charge in [-0.2, -0.15) is 0 Å². The Labute approximate surface area is 148 Å². The summed E-state index contributed by atoms with van der Waals surface area (Å²) in [5.41, 5.74) is 0. The van der Waals surface area contributed by atoms with Gasteiger partial charge in [-0.3, -0.25) is 4.99 Å². The molecule has 0 aromatic carbocycles. The van der Waals surface area contributed by atoms with E-state index in [9.17, 15) is 0 Å². The van der Waals surface area contributed by atoms with Gasteiger partial charge in [0, 0.05) is 25.5 Å². The van der Waals surface area contributed by atoms with Crippen molar-refractivity contribution in [2.24, 2.45) is 10.9 Å². The van der Waals surface area contributed by atoms with Crippen LogP contribution in [-0.2, 0) is 0 Å². The fourth-order valence-corrected chi connectivity index (χ4v) is 1.23. The minimum atomic E-state index is 0.935. The van der Waals surface area contributed by atoms with Crippen LogP contribution in [0.3, 0.4) is 0 Å². The number of nitrogens with zero attached hydrogens (tertiary/aromatic N) is 2. The second kappa shape index (κ2) is 32.9. The van der Waals surface area contributed by atoms with Crippen molar-refractivity contribution >= 4 is 6.72 Å². The van der Waals surface area contributed by atoms with E-state index in [1.807, 2.05) is 27.1 Å². The quantitative estimate of drug-likeness (QED) is 0.416. The largest absolute Gasteiger partial charge is 0.376 e. The topological polar surface area (TPSA) is 27.6 Å². The second-order valence-corrected chi connectivity index (χ2v) is 5.20. The maximum atomic E-state index is 3.66. The molecule has 0 radical (unpaired) electrons. The highest BCUT2D eigenvalue weighted by Gasteiger charge is 1.93. The maximum absolute atomic E-state index is 3.66. The number of nitrogens with one attached hydrogen (secondary N) is 1. The van der Waals surface area contributed by atoms with Gasteiger partial charge in [-0.15, -0.1) is 0 Å². The SMILES string of the molecule is C=N/C=C\N(CC)CCCNC.CC.CCC.CCC(C)CC. The van der Waals surface area contributed by atoms with E-state index in [0.29, 0.717) is 0 Å². The zero-order valence-corrected chi connectivity index (χ0v) is 17.8. The van der Waals surface area contributed by atoms with Crippen LogP contribution < -0.4 is 5.32 Å². The molecule has 0 aliphatic heterocycles. The Morgan fingerprint density at radius 3 is 1.83 bits per heavy atom. The van der Waals surface area contributed by atoms with Gasteiger partial charge in [-0.05, 0) is 39.6 Å². The van der Waals surface area contributed by atoms with E-state index in [1.165, 1.54) is 19.3 Å². The van der Waals surface area contributed by atoms with Crippen molar-refractivity contribution in [2.45, 2.75) is 81.1 Å². The monoisotopic (exact) mass is 329 g/mol. The first-order chi connectivity index (χ1) is 11.1. The molecule has 0 atom stereocenters. The van der Waals surface area contributed by atoms with Crippen molar-refractivity contribution in [1.29, 1.82) is 0 Å². The van der Waals surface area contributed by atoms with Gasteiger partial charge >= 0.3 is 0 Å². The van der Waals surface area contributed by atoms with Gasteiger partial charge in [0.2, 0.25) is 0 Å². The predicted molar refractivity (Wildman–Crippen MR) is 112 cm³/mol. The molecular weight excluding hydrogens is 282 g/mol. The average molecular weight is 330 g/mol. The molecule has 0 rings (SSSR count). The summed E-state index contributed by atoms with van der Waals surface area (Å²) in [5, 5.41) is 3.12. The van der Waals surface area contributed by atoms with Crippen LogP contribution in [0.4, 0.5) is 0 Å². The smallest absolute Gasteiger partial charge is 0.0419 e. The predicted octanol–water partition coefficient (Wildman–Crippen LogP) is 5.97. The fraction of sp³-hybridized carbons (Fsp3) is 0.850. The molecule has 0 aromatic rings. The van der Waals surface area contributed by atoms with Crippen molar-refractivity contribution in [3.63, 3.8) is 0 Å². The standard InChI is InChI=1S/C9H19N3.C6H14.C3H8.C2H6/c1-4-12(9-7-11-3)8-5-6-10-2;1-4-6(3)5-2;1-3-2;1-2/h7,9-10H,3-6,8H2,1-2H3;6H,4-5H2,1-3H3;3H2,1-2H3;1-2H3/b9-7-;;;. The third-order valence-electron chi connectivity index (χ3n) is 3.06. The first-order valence-corrected chi connectivity index (χ1v) is 9.58. The molecule has 0 heterocycles. The lowest BCUT2D eigenvalue weighted by Gasteiger charge is -2.16. The number of hydrogen-bond acceptors (Lipinski definition) is 3. The van der Waals surface area contributed by atoms with Crippen LogP contribution in [0.1, 0.15) is 81.1 Å². The van der Waals surface area contributed by atoms with Crippen molar-refractivity contribution in [1.82, 2.24) is 10.2 Å². The summed E-state index contributed by atoms with van der Waals surface area (Å²) in [4.78, 5) is 5.88. The van der Waals surface area contributed by atoms with Crippen LogP contribution >= 0.6 is 0 Å². The minimum absolute atomic E-state index is 0.935. The molecule has 23 heavy (non-hydrogen) atoms. The Balaban J connectivity index is -0.000000137. The lowest BCUT2D eigenvalue weighted by atomic mass is 10.1. The molecule has 0 bridgehead atoms. The molecule has 0 aliphatic carbocycles. The minimum Gasteiger partial charge on any atom is -0.376 e. The summed E-state index contributed by atoms with van der Waals surface area (Å²) in [5.74, 6) is 0.935. The summed E-state index contributed by atoms with van der Waals surface area (Å²) < 4.78 is 0. The van der Waals surface area contributed by atoms with E-state index in [4.69, 9.17) is 0 Å². The van der Waals surface area contributed by atoms with Crippen LogP contribution in [0.15, 0.2) is 17.4 Å². The van der Waals surface area contributed by atoms with Crippen LogP contribution in [0, 0.1) is 5.92 Å². The van der Waals surface area contributed by atoms with Gasteiger partial charge < -0.3 is 10.2 Å². The summed E-state index contributed by atoms with van der Waals surface area (Å²) >= 11 is 0. The van der Waals surface area contributed by atoms with Gasteiger partial charge in [-0.1, -0.05) is 67.7 Å². The highest BCUT2D eigenvalue weighted by atomic mass is 15.1. The molecule has 0 fully saturated rings. The van der Waals surface area contributed by atoms with E-state index >= 15 is 0 Å². The van der Waals surface area contributed by atoms with E-state index in [-0.39, 0.29) is 0 Å². The Hall–Kier alpha value is -0.830. The highest BCUT2D eigenvalue weighted by molar-refractivity contribution is 5.25. The third-order valence-corrected chi connectivity index (χ3v) is 3.06. The molecule has 142 valence electrons. The Morgan fingerprint density at radius 2 is 1.57 bits per heavy atom. The molecule has 0 amide bonds. The molecule has 1 N–H and O–H groups in total. The van der Waals surface area contributed by atoms with Crippen molar-refractivity contribution in [3.05, 3.63) is 12.4 Å². The first-order valence-electron chi connectivity index (χ1n) is 9.58. The molecule has 0 aromatic heterocycles. The lowest BCUT2D eigenvalue weighted by molar-refractivity contribution is 0.386. The molecule has 0 saturated heterocycles. The Bertz CT molecular complexity index is 199. The van der Waals surface area contributed by atoms with E-state index < -0.39 is 0 Å². The molecule has 0 spiro atoms. The number of hydrogen-bond donors (Lipinski definition) is 1. The van der Waals surface area contributed by atoms with Gasteiger partial charge in [0.05, 0.1) is 0 Å². The maximum Gasteiger partial charge on any atom is 0.0419 e. The lowest BCUT2D eigenvalue weighted by Crippen LogP contribution is -2.21. The molecular formula is C20H47N3.